The van der Waals surface area contributed by atoms with Gasteiger partial charge < -0.3 is 10.2 Å². The number of aromatic nitrogens is 4. The molecular formula is C22H30N6O2S. The summed E-state index contributed by atoms with van der Waals surface area (Å²) in [6, 6.07) is 8.26. The second-order valence-corrected chi connectivity index (χ2v) is 10.5. The summed E-state index contributed by atoms with van der Waals surface area (Å²) in [6.07, 6.45) is 6.54. The average molecular weight is 443 g/mol. The summed E-state index contributed by atoms with van der Waals surface area (Å²) in [6.45, 7) is 8.23. The van der Waals surface area contributed by atoms with Crippen molar-refractivity contribution in [2.45, 2.75) is 57.1 Å². The summed E-state index contributed by atoms with van der Waals surface area (Å²) in [5.74, 6) is 0.531. The number of fused-ring (bicyclic) bond motifs is 1. The van der Waals surface area contributed by atoms with Crippen LogP contribution >= 0.6 is 0 Å². The van der Waals surface area contributed by atoms with Crippen LogP contribution in [0.5, 0.6) is 0 Å². The molecule has 1 unspecified atom stereocenters. The van der Waals surface area contributed by atoms with E-state index in [1.54, 1.807) is 10.7 Å². The molecule has 9 heteroatoms. The van der Waals surface area contributed by atoms with E-state index in [4.69, 9.17) is 0 Å². The number of nitrogens with zero attached hydrogens (tertiary/aromatic N) is 5. The van der Waals surface area contributed by atoms with Crippen LogP contribution in [0.25, 0.3) is 5.65 Å². The molecule has 4 rings (SSSR count). The molecule has 0 saturated carbocycles. The first kappa shape index (κ1) is 21.5. The topological polar surface area (TPSA) is 92.5 Å². The molecule has 0 bridgehead atoms. The lowest BCUT2D eigenvalue weighted by Gasteiger charge is -2.32. The Hall–Kier alpha value is -2.68. The van der Waals surface area contributed by atoms with Gasteiger partial charge in [0, 0.05) is 30.6 Å². The zero-order chi connectivity index (χ0) is 22.2. The highest BCUT2D eigenvalue weighted by atomic mass is 32.2. The number of hydrogen-bond acceptors (Lipinski definition) is 7. The minimum Gasteiger partial charge on any atom is -0.371 e. The van der Waals surface area contributed by atoms with Crippen LogP contribution in [0.4, 0.5) is 11.6 Å². The van der Waals surface area contributed by atoms with Gasteiger partial charge in [0.15, 0.2) is 5.65 Å². The maximum Gasteiger partial charge on any atom is 0.252 e. The molecule has 0 amide bonds. The third kappa shape index (κ3) is 4.37. The lowest BCUT2D eigenvalue weighted by molar-refractivity contribution is 0.575. The van der Waals surface area contributed by atoms with E-state index < -0.39 is 9.84 Å². The second-order valence-electron chi connectivity index (χ2n) is 8.56. The third-order valence-corrected chi connectivity index (χ3v) is 6.62. The van der Waals surface area contributed by atoms with E-state index in [0.717, 1.165) is 30.5 Å². The summed E-state index contributed by atoms with van der Waals surface area (Å²) in [5.41, 5.74) is 3.76. The average Bonchev–Trinajstić information content (AvgIpc) is 3.18. The van der Waals surface area contributed by atoms with Gasteiger partial charge in [-0.05, 0) is 43.7 Å². The Morgan fingerprint density at radius 3 is 2.39 bits per heavy atom. The first-order chi connectivity index (χ1) is 14.8. The molecule has 1 aliphatic heterocycles. The molecule has 0 aliphatic carbocycles. The van der Waals surface area contributed by atoms with Gasteiger partial charge in [-0.1, -0.05) is 32.0 Å². The highest BCUT2D eigenvalue weighted by Gasteiger charge is 2.23. The molecule has 1 atom stereocenters. The van der Waals surface area contributed by atoms with E-state index in [1.165, 1.54) is 24.9 Å². The zero-order valence-corrected chi connectivity index (χ0v) is 19.4. The third-order valence-electron chi connectivity index (χ3n) is 5.77. The van der Waals surface area contributed by atoms with Crippen molar-refractivity contribution in [1.29, 1.82) is 0 Å². The van der Waals surface area contributed by atoms with Crippen molar-refractivity contribution in [3.8, 4) is 0 Å². The summed E-state index contributed by atoms with van der Waals surface area (Å²) in [7, 11) is -3.57. The molecule has 166 valence electrons. The molecule has 31 heavy (non-hydrogen) atoms. The van der Waals surface area contributed by atoms with Crippen LogP contribution in [0.3, 0.4) is 0 Å². The molecule has 1 N–H and O–H groups in total. The number of piperidine rings is 1. The van der Waals surface area contributed by atoms with Gasteiger partial charge in [-0.15, -0.1) is 0 Å². The van der Waals surface area contributed by atoms with Crippen molar-refractivity contribution in [3.05, 3.63) is 41.6 Å². The molecule has 3 heterocycles. The molecular weight excluding hydrogens is 412 g/mol. The standard InChI is InChI=1S/C22H30N6O2S/c1-15(2)18-14-23-28-20(18)25-22(31(4,29)30)26-21(28)24-16(3)17-10-6-7-11-19(17)27-12-8-5-9-13-27/h6-7,10-11,14-16H,5,8-9,12-13H2,1-4H3,(H,24,25,26). The van der Waals surface area contributed by atoms with Crippen molar-refractivity contribution < 1.29 is 8.42 Å². The minimum absolute atomic E-state index is 0.102. The summed E-state index contributed by atoms with van der Waals surface area (Å²) in [4.78, 5) is 11.1. The van der Waals surface area contributed by atoms with E-state index in [2.05, 4.69) is 50.4 Å². The van der Waals surface area contributed by atoms with Gasteiger partial charge in [0.05, 0.1) is 12.2 Å². The van der Waals surface area contributed by atoms with E-state index in [0.29, 0.717) is 11.6 Å². The van der Waals surface area contributed by atoms with Gasteiger partial charge in [0.2, 0.25) is 15.8 Å². The predicted molar refractivity (Wildman–Crippen MR) is 123 cm³/mol. The number of nitrogens with one attached hydrogen (secondary N) is 1. The summed E-state index contributed by atoms with van der Waals surface area (Å²) >= 11 is 0. The predicted octanol–water partition coefficient (Wildman–Crippen LogP) is 3.81. The Labute approximate surface area is 183 Å². The number of benzene rings is 1. The number of hydrogen-bond donors (Lipinski definition) is 1. The van der Waals surface area contributed by atoms with Crippen molar-refractivity contribution in [2.75, 3.05) is 29.6 Å². The molecule has 1 aliphatic rings. The zero-order valence-electron chi connectivity index (χ0n) is 18.5. The highest BCUT2D eigenvalue weighted by molar-refractivity contribution is 7.90. The number of rotatable bonds is 6. The molecule has 1 fully saturated rings. The monoisotopic (exact) mass is 442 g/mol. The molecule has 0 spiro atoms. The lowest BCUT2D eigenvalue weighted by Crippen LogP contribution is -2.31. The summed E-state index contributed by atoms with van der Waals surface area (Å²) < 4.78 is 26.1. The maximum atomic E-state index is 12.3. The highest BCUT2D eigenvalue weighted by Crippen LogP contribution is 2.31. The van der Waals surface area contributed by atoms with Crippen molar-refractivity contribution in [1.82, 2.24) is 19.6 Å². The van der Waals surface area contributed by atoms with Gasteiger partial charge in [-0.3, -0.25) is 0 Å². The SMILES string of the molecule is CC(C)c1cnn2c(NC(C)c3ccccc3N3CCCCC3)nc(S(C)(=O)=O)nc12. The largest absolute Gasteiger partial charge is 0.371 e. The van der Waals surface area contributed by atoms with Crippen LogP contribution in [-0.4, -0.2) is 47.3 Å². The number of anilines is 2. The van der Waals surface area contributed by atoms with Crippen LogP contribution in [-0.2, 0) is 9.84 Å². The molecule has 1 aromatic carbocycles. The van der Waals surface area contributed by atoms with Crippen LogP contribution in [0.2, 0.25) is 0 Å². The smallest absolute Gasteiger partial charge is 0.252 e. The van der Waals surface area contributed by atoms with E-state index in [9.17, 15) is 8.42 Å². The Kier molecular flexibility index (Phi) is 5.88. The Bertz CT molecular complexity index is 1180. The fourth-order valence-corrected chi connectivity index (χ4v) is 4.59. The van der Waals surface area contributed by atoms with E-state index in [-0.39, 0.29) is 17.1 Å². The molecule has 3 aromatic rings. The first-order valence-corrected chi connectivity index (χ1v) is 12.7. The summed E-state index contributed by atoms with van der Waals surface area (Å²) in [5, 5.41) is 7.66. The minimum atomic E-state index is -3.57. The van der Waals surface area contributed by atoms with Crippen LogP contribution < -0.4 is 10.2 Å². The Balaban J connectivity index is 1.75. The van der Waals surface area contributed by atoms with Crippen molar-refractivity contribution in [2.24, 2.45) is 0 Å². The van der Waals surface area contributed by atoms with Gasteiger partial charge >= 0.3 is 0 Å². The van der Waals surface area contributed by atoms with E-state index in [1.807, 2.05) is 19.9 Å². The normalized spacial score (nSPS) is 16.1. The first-order valence-electron chi connectivity index (χ1n) is 10.8. The quantitative estimate of drug-likeness (QED) is 0.620. The van der Waals surface area contributed by atoms with Crippen molar-refractivity contribution in [3.63, 3.8) is 0 Å². The van der Waals surface area contributed by atoms with Gasteiger partial charge in [-0.25, -0.2) is 8.42 Å². The van der Waals surface area contributed by atoms with Crippen LogP contribution in [0, 0.1) is 0 Å². The number of para-hydroxylation sites is 1. The fourth-order valence-electron chi connectivity index (χ4n) is 4.09. The second kappa shape index (κ2) is 8.45. The fraction of sp³-hybridized carbons (Fsp3) is 0.500. The van der Waals surface area contributed by atoms with Crippen molar-refractivity contribution >= 4 is 27.1 Å². The molecule has 1 saturated heterocycles. The van der Waals surface area contributed by atoms with Crippen LogP contribution in [0.1, 0.15) is 63.1 Å². The van der Waals surface area contributed by atoms with Crippen LogP contribution in [0.15, 0.2) is 35.6 Å². The van der Waals surface area contributed by atoms with Gasteiger partial charge in [-0.2, -0.15) is 19.6 Å². The number of sulfone groups is 1. The Morgan fingerprint density at radius 1 is 1.00 bits per heavy atom. The van der Waals surface area contributed by atoms with Gasteiger partial charge in [0.25, 0.3) is 5.16 Å². The Morgan fingerprint density at radius 2 is 1.71 bits per heavy atom. The maximum absolute atomic E-state index is 12.3. The molecule has 8 nitrogen and oxygen atoms in total. The van der Waals surface area contributed by atoms with E-state index >= 15 is 0 Å². The lowest BCUT2D eigenvalue weighted by atomic mass is 10.0. The van der Waals surface area contributed by atoms with Gasteiger partial charge in [0.1, 0.15) is 0 Å². The molecule has 0 radical (unpaired) electrons. The molecule has 2 aromatic heterocycles.